The lowest BCUT2D eigenvalue weighted by Gasteiger charge is -2.15. The molecule has 0 spiro atoms. The molecule has 0 aliphatic carbocycles. The predicted molar refractivity (Wildman–Crippen MR) is 72.4 cm³/mol. The molecule has 2 N–H and O–H groups in total. The largest absolute Gasteiger partial charge is 0.493 e. The van der Waals surface area contributed by atoms with Crippen LogP contribution in [0.2, 0.25) is 0 Å². The Labute approximate surface area is 105 Å². The molecule has 1 rings (SSSR count). The fourth-order valence-electron chi connectivity index (χ4n) is 1.71. The van der Waals surface area contributed by atoms with Gasteiger partial charge in [-0.25, -0.2) is 0 Å². The fourth-order valence-corrected chi connectivity index (χ4v) is 1.71. The maximum atomic E-state index is 5.93. The monoisotopic (exact) mass is 236 g/mol. The Hall–Kier alpha value is -1.06. The highest BCUT2D eigenvalue weighted by molar-refractivity contribution is 5.38. The minimum atomic E-state index is 0.0134. The van der Waals surface area contributed by atoms with Crippen LogP contribution in [0.4, 0.5) is 0 Å². The summed E-state index contributed by atoms with van der Waals surface area (Å²) >= 11 is 0. The minimum Gasteiger partial charge on any atom is -0.493 e. The smallest absolute Gasteiger partial charge is 0.124 e. The van der Waals surface area contributed by atoms with E-state index in [1.807, 2.05) is 6.92 Å². The first kappa shape index (κ1) is 14.0. The summed E-state index contributed by atoms with van der Waals surface area (Å²) in [5, 5.41) is 0. The van der Waals surface area contributed by atoms with Gasteiger partial charge in [0.25, 0.3) is 0 Å². The molecule has 0 saturated carbocycles. The van der Waals surface area contributed by atoms with Crippen LogP contribution in [0.25, 0.3) is 0 Å². The quantitative estimate of drug-likeness (QED) is 0.771. The van der Waals surface area contributed by atoms with Crippen LogP contribution in [0.1, 0.15) is 30.5 Å². The summed E-state index contributed by atoms with van der Waals surface area (Å²) in [6, 6.07) is 6.21. The van der Waals surface area contributed by atoms with E-state index >= 15 is 0 Å². The second-order valence-electron chi connectivity index (χ2n) is 4.84. The molecule has 0 aromatic heterocycles. The van der Waals surface area contributed by atoms with Gasteiger partial charge in [0.2, 0.25) is 0 Å². The molecule has 0 heterocycles. The summed E-state index contributed by atoms with van der Waals surface area (Å²) in [7, 11) is 4.14. The van der Waals surface area contributed by atoms with Gasteiger partial charge in [0, 0.05) is 18.2 Å². The molecule has 0 aliphatic rings. The number of ether oxygens (including phenoxy) is 1. The maximum absolute atomic E-state index is 5.93. The second-order valence-corrected chi connectivity index (χ2v) is 4.84. The highest BCUT2D eigenvalue weighted by Gasteiger charge is 2.08. The Morgan fingerprint density at radius 1 is 1.35 bits per heavy atom. The van der Waals surface area contributed by atoms with E-state index in [9.17, 15) is 0 Å². The standard InChI is InChI=1S/C14H24N2O/c1-11-6-7-13(12(2)15)14(10-11)17-9-5-8-16(3)4/h6-7,10,12H,5,8-9,15H2,1-4H3/t12-/m1/s1. The zero-order valence-electron chi connectivity index (χ0n) is 11.4. The van der Waals surface area contributed by atoms with E-state index in [4.69, 9.17) is 10.5 Å². The molecule has 0 bridgehead atoms. The molecule has 0 aliphatic heterocycles. The first-order valence-corrected chi connectivity index (χ1v) is 6.14. The molecule has 3 heteroatoms. The van der Waals surface area contributed by atoms with Gasteiger partial charge in [0.15, 0.2) is 0 Å². The number of hydrogen-bond acceptors (Lipinski definition) is 3. The van der Waals surface area contributed by atoms with Crippen molar-refractivity contribution in [2.75, 3.05) is 27.2 Å². The molecular weight excluding hydrogens is 212 g/mol. The molecule has 3 nitrogen and oxygen atoms in total. The number of benzene rings is 1. The highest BCUT2D eigenvalue weighted by Crippen LogP contribution is 2.25. The number of nitrogens with two attached hydrogens (primary N) is 1. The van der Waals surface area contributed by atoms with Gasteiger partial charge in [-0.2, -0.15) is 0 Å². The second kappa shape index (κ2) is 6.62. The zero-order chi connectivity index (χ0) is 12.8. The average molecular weight is 236 g/mol. The van der Waals surface area contributed by atoms with Gasteiger partial charge in [-0.05, 0) is 46.0 Å². The average Bonchev–Trinajstić information content (AvgIpc) is 2.23. The van der Waals surface area contributed by atoms with Crippen molar-refractivity contribution in [3.63, 3.8) is 0 Å². The lowest BCUT2D eigenvalue weighted by Crippen LogP contribution is -2.16. The Morgan fingerprint density at radius 3 is 2.65 bits per heavy atom. The topological polar surface area (TPSA) is 38.5 Å². The summed E-state index contributed by atoms with van der Waals surface area (Å²) in [6.45, 7) is 5.83. The number of rotatable bonds is 6. The molecular formula is C14H24N2O. The van der Waals surface area contributed by atoms with Crippen LogP contribution < -0.4 is 10.5 Å². The minimum absolute atomic E-state index is 0.0134. The van der Waals surface area contributed by atoms with E-state index in [2.05, 4.69) is 44.1 Å². The van der Waals surface area contributed by atoms with Gasteiger partial charge in [-0.1, -0.05) is 12.1 Å². The normalized spacial score (nSPS) is 12.8. The summed E-state index contributed by atoms with van der Waals surface area (Å²) < 4.78 is 5.82. The maximum Gasteiger partial charge on any atom is 0.124 e. The third-order valence-corrected chi connectivity index (χ3v) is 2.67. The van der Waals surface area contributed by atoms with Crippen LogP contribution >= 0.6 is 0 Å². The van der Waals surface area contributed by atoms with Gasteiger partial charge >= 0.3 is 0 Å². The molecule has 96 valence electrons. The summed E-state index contributed by atoms with van der Waals surface area (Å²) in [4.78, 5) is 2.16. The van der Waals surface area contributed by atoms with Crippen molar-refractivity contribution in [3.05, 3.63) is 29.3 Å². The first-order chi connectivity index (χ1) is 8.00. The molecule has 17 heavy (non-hydrogen) atoms. The third kappa shape index (κ3) is 4.75. The summed E-state index contributed by atoms with van der Waals surface area (Å²) in [5.74, 6) is 0.929. The van der Waals surface area contributed by atoms with Gasteiger partial charge in [-0.15, -0.1) is 0 Å². The van der Waals surface area contributed by atoms with Crippen LogP contribution in [-0.2, 0) is 0 Å². The molecule has 0 amide bonds. The van der Waals surface area contributed by atoms with Crippen LogP contribution in [0.5, 0.6) is 5.75 Å². The third-order valence-electron chi connectivity index (χ3n) is 2.67. The van der Waals surface area contributed by atoms with Crippen LogP contribution in [0, 0.1) is 6.92 Å². The van der Waals surface area contributed by atoms with E-state index in [-0.39, 0.29) is 6.04 Å². The van der Waals surface area contributed by atoms with E-state index < -0.39 is 0 Å². The SMILES string of the molecule is Cc1ccc([C@@H](C)N)c(OCCCN(C)C)c1. The Balaban J connectivity index is 2.59. The first-order valence-electron chi connectivity index (χ1n) is 6.14. The molecule has 1 aromatic rings. The number of hydrogen-bond donors (Lipinski definition) is 1. The summed E-state index contributed by atoms with van der Waals surface area (Å²) in [6.07, 6.45) is 1.03. The van der Waals surface area contributed by atoms with Gasteiger partial charge < -0.3 is 15.4 Å². The van der Waals surface area contributed by atoms with Gasteiger partial charge in [-0.3, -0.25) is 0 Å². The van der Waals surface area contributed by atoms with Crippen LogP contribution in [-0.4, -0.2) is 32.1 Å². The van der Waals surface area contributed by atoms with Crippen molar-refractivity contribution in [1.29, 1.82) is 0 Å². The highest BCUT2D eigenvalue weighted by atomic mass is 16.5. The molecule has 0 radical (unpaired) electrons. The Morgan fingerprint density at radius 2 is 2.06 bits per heavy atom. The van der Waals surface area contributed by atoms with Crippen LogP contribution in [0.15, 0.2) is 18.2 Å². The Bertz CT molecular complexity index is 348. The van der Waals surface area contributed by atoms with E-state index in [0.29, 0.717) is 0 Å². The Kier molecular flexibility index (Phi) is 5.45. The van der Waals surface area contributed by atoms with Crippen LogP contribution in [0.3, 0.4) is 0 Å². The fraction of sp³-hybridized carbons (Fsp3) is 0.571. The molecule has 0 fully saturated rings. The van der Waals surface area contributed by atoms with E-state index in [1.165, 1.54) is 5.56 Å². The van der Waals surface area contributed by atoms with Crippen molar-refractivity contribution in [1.82, 2.24) is 4.90 Å². The summed E-state index contributed by atoms with van der Waals surface area (Å²) in [5.41, 5.74) is 8.22. The lowest BCUT2D eigenvalue weighted by atomic mass is 10.1. The molecule has 1 aromatic carbocycles. The van der Waals surface area contributed by atoms with E-state index in [1.54, 1.807) is 0 Å². The van der Waals surface area contributed by atoms with Gasteiger partial charge in [0.1, 0.15) is 5.75 Å². The molecule has 1 atom stereocenters. The zero-order valence-corrected chi connectivity index (χ0v) is 11.4. The predicted octanol–water partition coefficient (Wildman–Crippen LogP) is 2.35. The van der Waals surface area contributed by atoms with Crippen molar-refractivity contribution in [3.8, 4) is 5.75 Å². The van der Waals surface area contributed by atoms with E-state index in [0.717, 1.165) is 30.9 Å². The van der Waals surface area contributed by atoms with Crippen molar-refractivity contribution < 1.29 is 4.74 Å². The van der Waals surface area contributed by atoms with Gasteiger partial charge in [0.05, 0.1) is 6.61 Å². The lowest BCUT2D eigenvalue weighted by molar-refractivity contribution is 0.278. The number of aryl methyl sites for hydroxylation is 1. The van der Waals surface area contributed by atoms with Crippen molar-refractivity contribution >= 4 is 0 Å². The molecule has 0 saturated heterocycles. The van der Waals surface area contributed by atoms with Crippen molar-refractivity contribution in [2.45, 2.75) is 26.3 Å². The van der Waals surface area contributed by atoms with Crippen molar-refractivity contribution in [2.24, 2.45) is 5.73 Å². The number of nitrogens with zero attached hydrogens (tertiary/aromatic N) is 1. The molecule has 0 unspecified atom stereocenters.